The third kappa shape index (κ3) is 8.65. The molecule has 0 bridgehead atoms. The van der Waals surface area contributed by atoms with Crippen molar-refractivity contribution in [2.45, 2.75) is 131 Å². The standard InChI is InChI=1S/C34H54O5/c1-22-25(17-26(35)18-30(22)36)13-12-24-11-10-16-34(9)28(14-15-29(24)34)23(2)38-21-31(37)39-27(19-32(3,4)5)20-33(6,7)8/h12-14,23,26-27,29-30,35-36H,1,10-11,15-21H2,2-9H3/b24-12+,25-13-/t23?,26-,29+,30+,34-/m1/s1. The largest absolute Gasteiger partial charge is 0.461 e. The van der Waals surface area contributed by atoms with E-state index in [2.05, 4.69) is 80.2 Å². The first-order valence-corrected chi connectivity index (χ1v) is 14.9. The number of rotatable bonds is 8. The van der Waals surface area contributed by atoms with Crippen molar-refractivity contribution in [1.82, 2.24) is 0 Å². The van der Waals surface area contributed by atoms with Crippen LogP contribution in [0.25, 0.3) is 0 Å². The quantitative estimate of drug-likeness (QED) is 0.250. The number of hydrogen-bond acceptors (Lipinski definition) is 5. The molecule has 3 rings (SSSR count). The highest BCUT2D eigenvalue weighted by Gasteiger charge is 2.46. The van der Waals surface area contributed by atoms with Crippen LogP contribution in [0.2, 0.25) is 0 Å². The van der Waals surface area contributed by atoms with Crippen LogP contribution in [0.4, 0.5) is 0 Å². The molecular weight excluding hydrogens is 488 g/mol. The fraction of sp³-hybridized carbons (Fsp3) is 0.735. The molecule has 3 aliphatic rings. The molecule has 0 heterocycles. The molecule has 0 aliphatic heterocycles. The summed E-state index contributed by atoms with van der Waals surface area (Å²) in [4.78, 5) is 12.8. The number of carbonyl (C=O) groups is 1. The van der Waals surface area contributed by atoms with E-state index in [4.69, 9.17) is 9.47 Å². The molecule has 0 aromatic rings. The van der Waals surface area contributed by atoms with Gasteiger partial charge in [0, 0.05) is 6.42 Å². The Morgan fingerprint density at radius 2 is 1.79 bits per heavy atom. The lowest BCUT2D eigenvalue weighted by atomic mass is 9.63. The lowest BCUT2D eigenvalue weighted by Crippen LogP contribution is -2.35. The maximum Gasteiger partial charge on any atom is 0.332 e. The van der Waals surface area contributed by atoms with E-state index in [0.29, 0.717) is 18.8 Å². The minimum Gasteiger partial charge on any atom is -0.461 e. The first-order chi connectivity index (χ1) is 18.0. The smallest absolute Gasteiger partial charge is 0.332 e. The van der Waals surface area contributed by atoms with Crippen molar-refractivity contribution in [3.8, 4) is 0 Å². The van der Waals surface area contributed by atoms with Gasteiger partial charge in [0.05, 0.1) is 18.3 Å². The second kappa shape index (κ2) is 12.4. The number of carbonyl (C=O) groups excluding carboxylic acids is 1. The molecule has 39 heavy (non-hydrogen) atoms. The number of ether oxygens (including phenoxy) is 2. The van der Waals surface area contributed by atoms with E-state index in [0.717, 1.165) is 49.7 Å². The van der Waals surface area contributed by atoms with Gasteiger partial charge in [-0.15, -0.1) is 0 Å². The third-order valence-corrected chi connectivity index (χ3v) is 8.74. The van der Waals surface area contributed by atoms with Gasteiger partial charge in [-0.05, 0) is 90.8 Å². The van der Waals surface area contributed by atoms with E-state index >= 15 is 0 Å². The Bertz CT molecular complexity index is 972. The van der Waals surface area contributed by atoms with Gasteiger partial charge in [-0.25, -0.2) is 4.79 Å². The van der Waals surface area contributed by atoms with Gasteiger partial charge in [0.15, 0.2) is 0 Å². The zero-order valence-electron chi connectivity index (χ0n) is 25.8. The van der Waals surface area contributed by atoms with E-state index in [1.807, 2.05) is 0 Å². The monoisotopic (exact) mass is 542 g/mol. The van der Waals surface area contributed by atoms with Crippen LogP contribution < -0.4 is 0 Å². The van der Waals surface area contributed by atoms with Crippen LogP contribution >= 0.6 is 0 Å². The molecule has 0 aromatic carbocycles. The van der Waals surface area contributed by atoms with Crippen LogP contribution in [0, 0.1) is 22.2 Å². The Kier molecular flexibility index (Phi) is 10.2. The van der Waals surface area contributed by atoms with E-state index in [-0.39, 0.29) is 41.0 Å². The molecule has 1 unspecified atom stereocenters. The van der Waals surface area contributed by atoms with Crippen LogP contribution in [0.3, 0.4) is 0 Å². The van der Waals surface area contributed by atoms with Gasteiger partial charge < -0.3 is 19.7 Å². The van der Waals surface area contributed by atoms with Crippen molar-refractivity contribution < 1.29 is 24.5 Å². The van der Waals surface area contributed by atoms with Crippen LogP contribution in [-0.2, 0) is 14.3 Å². The summed E-state index contributed by atoms with van der Waals surface area (Å²) in [5.41, 5.74) is 4.51. The minimum absolute atomic E-state index is 0.00445. The maximum absolute atomic E-state index is 12.8. The summed E-state index contributed by atoms with van der Waals surface area (Å²) < 4.78 is 12.1. The SMILES string of the molecule is C=C1/C(=C\C=C2/CCC[C@]3(C)C(C(C)OCC(=O)OC(CC(C)(C)C)CC(C)(C)C)=CC[C@@H]23)C[C@@H](O)C[C@@H]1O. The van der Waals surface area contributed by atoms with Crippen LogP contribution in [-0.4, -0.2) is 47.2 Å². The van der Waals surface area contributed by atoms with E-state index < -0.39 is 12.2 Å². The summed E-state index contributed by atoms with van der Waals surface area (Å²) >= 11 is 0. The van der Waals surface area contributed by atoms with Gasteiger partial charge in [0.1, 0.15) is 12.7 Å². The molecule has 0 amide bonds. The van der Waals surface area contributed by atoms with Crippen LogP contribution in [0.15, 0.2) is 47.1 Å². The molecule has 2 N–H and O–H groups in total. The number of aliphatic hydroxyl groups is 2. The molecule has 0 radical (unpaired) electrons. The molecule has 3 aliphatic carbocycles. The number of allylic oxidation sites excluding steroid dienone is 4. The predicted molar refractivity (Wildman–Crippen MR) is 158 cm³/mol. The lowest BCUT2D eigenvalue weighted by Gasteiger charge is -2.42. The molecule has 2 saturated carbocycles. The second-order valence-corrected chi connectivity index (χ2v) is 14.9. The fourth-order valence-electron chi connectivity index (χ4n) is 6.97. The Labute approximate surface area is 237 Å². The summed E-state index contributed by atoms with van der Waals surface area (Å²) in [7, 11) is 0. The minimum atomic E-state index is -0.670. The van der Waals surface area contributed by atoms with E-state index in [1.54, 1.807) is 0 Å². The Morgan fingerprint density at radius 1 is 1.15 bits per heavy atom. The highest BCUT2D eigenvalue weighted by atomic mass is 16.6. The average molecular weight is 543 g/mol. The molecule has 0 spiro atoms. The molecule has 0 aromatic heterocycles. The average Bonchev–Trinajstić information content (AvgIpc) is 3.14. The van der Waals surface area contributed by atoms with E-state index in [1.165, 1.54) is 11.1 Å². The normalized spacial score (nSPS) is 31.0. The van der Waals surface area contributed by atoms with Gasteiger partial charge in [-0.1, -0.05) is 78.8 Å². The summed E-state index contributed by atoms with van der Waals surface area (Å²) in [5.74, 6) is 0.111. The van der Waals surface area contributed by atoms with Crippen molar-refractivity contribution in [3.05, 3.63) is 47.1 Å². The van der Waals surface area contributed by atoms with E-state index in [9.17, 15) is 15.0 Å². The number of hydrogen-bond donors (Lipinski definition) is 2. The Morgan fingerprint density at radius 3 is 2.41 bits per heavy atom. The highest BCUT2D eigenvalue weighted by molar-refractivity contribution is 5.71. The van der Waals surface area contributed by atoms with Crippen LogP contribution in [0.5, 0.6) is 0 Å². The predicted octanol–water partition coefficient (Wildman–Crippen LogP) is 7.24. The zero-order valence-corrected chi connectivity index (χ0v) is 25.8. The van der Waals surface area contributed by atoms with Gasteiger partial charge >= 0.3 is 5.97 Å². The summed E-state index contributed by atoms with van der Waals surface area (Å²) in [5, 5.41) is 20.3. The van der Waals surface area contributed by atoms with Crippen molar-refractivity contribution in [3.63, 3.8) is 0 Å². The summed E-state index contributed by atoms with van der Waals surface area (Å²) in [6.07, 6.45) is 11.9. The summed E-state index contributed by atoms with van der Waals surface area (Å²) in [6.45, 7) is 21.5. The van der Waals surface area contributed by atoms with Gasteiger partial charge in [0.2, 0.25) is 0 Å². The first-order valence-electron chi connectivity index (χ1n) is 14.9. The lowest BCUT2D eigenvalue weighted by molar-refractivity contribution is -0.158. The van der Waals surface area contributed by atoms with Crippen molar-refractivity contribution in [1.29, 1.82) is 0 Å². The van der Waals surface area contributed by atoms with Crippen LogP contribution in [0.1, 0.15) is 107 Å². The third-order valence-electron chi connectivity index (χ3n) is 8.74. The molecule has 2 fully saturated rings. The van der Waals surface area contributed by atoms with Crippen molar-refractivity contribution in [2.75, 3.05) is 6.61 Å². The molecule has 5 nitrogen and oxygen atoms in total. The molecular formula is C34H54O5. The number of esters is 1. The van der Waals surface area contributed by atoms with Crippen molar-refractivity contribution >= 4 is 5.97 Å². The number of fused-ring (bicyclic) bond motifs is 1. The molecule has 5 atom stereocenters. The topological polar surface area (TPSA) is 76.0 Å². The van der Waals surface area contributed by atoms with Gasteiger partial charge in [0.25, 0.3) is 0 Å². The molecule has 0 saturated heterocycles. The highest BCUT2D eigenvalue weighted by Crippen LogP contribution is 2.55. The Balaban J connectivity index is 1.63. The van der Waals surface area contributed by atoms with Gasteiger partial charge in [-0.2, -0.15) is 0 Å². The van der Waals surface area contributed by atoms with Gasteiger partial charge in [-0.3, -0.25) is 0 Å². The maximum atomic E-state index is 12.8. The summed E-state index contributed by atoms with van der Waals surface area (Å²) in [6, 6.07) is 0. The first kappa shape index (κ1) is 31.8. The molecule has 220 valence electrons. The van der Waals surface area contributed by atoms with Crippen molar-refractivity contribution in [2.24, 2.45) is 22.2 Å². The fourth-order valence-corrected chi connectivity index (χ4v) is 6.97. The molecule has 5 heteroatoms. The number of aliphatic hydroxyl groups excluding tert-OH is 2. The second-order valence-electron chi connectivity index (χ2n) is 14.9. The Hall–Kier alpha value is -1.69. The zero-order chi connectivity index (χ0) is 29.2.